The van der Waals surface area contributed by atoms with Gasteiger partial charge < -0.3 is 20.4 Å². The van der Waals surface area contributed by atoms with Gasteiger partial charge >= 0.3 is 6.43 Å². The molecule has 0 bridgehead atoms. The Morgan fingerprint density at radius 3 is 2.61 bits per heavy atom. The third kappa shape index (κ3) is 4.99. The van der Waals surface area contributed by atoms with Gasteiger partial charge in [-0.25, -0.2) is 0 Å². The van der Waals surface area contributed by atoms with Crippen LogP contribution in [0.3, 0.4) is 0 Å². The molecular weight excluding hydrogens is 454 g/mol. The number of hydrogen-bond acceptors (Lipinski definition) is 4. The van der Waals surface area contributed by atoms with Gasteiger partial charge in [0.15, 0.2) is 0 Å². The van der Waals surface area contributed by atoms with Gasteiger partial charge in [-0.05, 0) is 64.8 Å². The predicted octanol–water partition coefficient (Wildman–Crippen LogP) is 2.95. The molecule has 1 aromatic carbocycles. The molecule has 0 aliphatic carbocycles. The average Bonchev–Trinajstić information content (AvgIpc) is 2.93. The summed E-state index contributed by atoms with van der Waals surface area (Å²) >= 11 is 6.56. The van der Waals surface area contributed by atoms with Crippen LogP contribution in [0.15, 0.2) is 12.1 Å². The van der Waals surface area contributed by atoms with E-state index in [1.165, 1.54) is 4.90 Å². The van der Waals surface area contributed by atoms with E-state index in [0.717, 1.165) is 19.4 Å². The van der Waals surface area contributed by atoms with Gasteiger partial charge in [0.25, 0.3) is 11.8 Å². The average molecular weight is 485 g/mol. The Balaban J connectivity index is 1.93. The summed E-state index contributed by atoms with van der Waals surface area (Å²) < 4.78 is 25.0. The maximum atomic E-state index is 13.6. The number of carbonyl (C=O) groups is 3. The van der Waals surface area contributed by atoms with E-state index in [4.69, 9.17) is 11.6 Å². The second-order valence-electron chi connectivity index (χ2n) is 9.33. The summed E-state index contributed by atoms with van der Waals surface area (Å²) in [6.07, 6.45) is -1.26. The molecule has 2 N–H and O–H groups in total. The Kier molecular flexibility index (Phi) is 7.63. The highest BCUT2D eigenvalue weighted by Crippen LogP contribution is 2.44. The summed E-state index contributed by atoms with van der Waals surface area (Å²) in [7, 11) is 0. The van der Waals surface area contributed by atoms with Crippen LogP contribution in [-0.4, -0.2) is 67.3 Å². The first-order valence-electron chi connectivity index (χ1n) is 11.2. The third-order valence-corrected chi connectivity index (χ3v) is 6.66. The largest absolute Gasteiger partial charge is 0.349 e. The Bertz CT molecular complexity index is 933. The predicted molar refractivity (Wildman–Crippen MR) is 123 cm³/mol. The van der Waals surface area contributed by atoms with Crippen LogP contribution in [0, 0.1) is 0 Å². The Hall–Kier alpha value is -2.26. The van der Waals surface area contributed by atoms with Crippen molar-refractivity contribution >= 4 is 35.0 Å². The van der Waals surface area contributed by atoms with Gasteiger partial charge in [-0.1, -0.05) is 11.6 Å². The topological polar surface area (TPSA) is 81.8 Å². The normalized spacial score (nSPS) is 19.7. The minimum atomic E-state index is -3.12. The van der Waals surface area contributed by atoms with E-state index in [0.29, 0.717) is 23.4 Å². The number of rotatable bonds is 7. The molecule has 1 fully saturated rings. The van der Waals surface area contributed by atoms with Crippen molar-refractivity contribution in [3.8, 4) is 0 Å². The number of amides is 3. The molecule has 1 atom stereocenters. The molecule has 1 aromatic rings. The molecule has 0 aromatic heterocycles. The van der Waals surface area contributed by atoms with Crippen molar-refractivity contribution in [2.75, 3.05) is 31.1 Å². The lowest BCUT2D eigenvalue weighted by atomic mass is 9.85. The molecule has 0 unspecified atom stereocenters. The fourth-order valence-corrected chi connectivity index (χ4v) is 4.88. The summed E-state index contributed by atoms with van der Waals surface area (Å²) in [5, 5.41) is 5.72. The van der Waals surface area contributed by atoms with Crippen molar-refractivity contribution in [3.63, 3.8) is 0 Å². The lowest BCUT2D eigenvalue weighted by Gasteiger charge is -2.38. The van der Waals surface area contributed by atoms with Crippen molar-refractivity contribution in [2.45, 2.75) is 64.5 Å². The molecule has 2 aliphatic rings. The lowest BCUT2D eigenvalue weighted by molar-refractivity contribution is -0.131. The van der Waals surface area contributed by atoms with Gasteiger partial charge in [0.2, 0.25) is 5.91 Å². The van der Waals surface area contributed by atoms with Crippen molar-refractivity contribution in [3.05, 3.63) is 28.3 Å². The molecule has 0 saturated carbocycles. The van der Waals surface area contributed by atoms with Gasteiger partial charge in [0.05, 0.1) is 16.0 Å². The zero-order chi connectivity index (χ0) is 24.5. The van der Waals surface area contributed by atoms with E-state index < -0.39 is 17.7 Å². The number of halogens is 3. The van der Waals surface area contributed by atoms with E-state index in [2.05, 4.69) is 10.6 Å². The van der Waals surface area contributed by atoms with Crippen LogP contribution >= 0.6 is 11.6 Å². The van der Waals surface area contributed by atoms with Crippen molar-refractivity contribution < 1.29 is 23.2 Å². The second kappa shape index (κ2) is 9.93. The van der Waals surface area contributed by atoms with Crippen molar-refractivity contribution in [1.29, 1.82) is 0 Å². The standard InChI is InChI=1S/C23H31ClF2N4O3/c1-13(2)30(14-6-5-7-27-12-14)21(32)15-10-18-16(11-17(15)24)23(3,4)22(33)29(18)9-8-28-20(31)19(25)26/h10-11,13-14,19,27H,5-9,12H2,1-4H3,(H,28,31)/t14-/m1/s1. The van der Waals surface area contributed by atoms with Crippen LogP contribution < -0.4 is 15.5 Å². The summed E-state index contributed by atoms with van der Waals surface area (Å²) in [5.74, 6) is -1.85. The van der Waals surface area contributed by atoms with Crippen LogP contribution in [0.4, 0.5) is 14.5 Å². The van der Waals surface area contributed by atoms with Gasteiger partial charge in [-0.2, -0.15) is 8.78 Å². The fraction of sp³-hybridized carbons (Fsp3) is 0.609. The smallest absolute Gasteiger partial charge is 0.315 e. The first-order valence-corrected chi connectivity index (χ1v) is 11.6. The number of nitrogens with one attached hydrogen (secondary N) is 2. The first kappa shape index (κ1) is 25.4. The first-order chi connectivity index (χ1) is 15.5. The number of nitrogens with zero attached hydrogens (tertiary/aromatic N) is 2. The van der Waals surface area contributed by atoms with Crippen LogP contribution in [0.5, 0.6) is 0 Å². The van der Waals surface area contributed by atoms with Gasteiger partial charge in [-0.15, -0.1) is 0 Å². The van der Waals surface area contributed by atoms with Crippen LogP contribution in [-0.2, 0) is 15.0 Å². The number of alkyl halides is 2. The monoisotopic (exact) mass is 484 g/mol. The number of fused-ring (bicyclic) bond motifs is 1. The highest BCUT2D eigenvalue weighted by molar-refractivity contribution is 6.34. The Morgan fingerprint density at radius 2 is 2.03 bits per heavy atom. The quantitative estimate of drug-likeness (QED) is 0.623. The van der Waals surface area contributed by atoms with Gasteiger partial charge in [0.1, 0.15) is 0 Å². The Labute approximate surface area is 197 Å². The number of carbonyl (C=O) groups excluding carboxylic acids is 3. The molecule has 0 radical (unpaired) electrons. The maximum Gasteiger partial charge on any atom is 0.315 e. The molecule has 3 rings (SSSR count). The number of piperidine rings is 1. The lowest BCUT2D eigenvalue weighted by Crippen LogP contribution is -2.51. The van der Waals surface area contributed by atoms with E-state index in [-0.39, 0.29) is 42.0 Å². The highest BCUT2D eigenvalue weighted by atomic mass is 35.5. The minimum Gasteiger partial charge on any atom is -0.349 e. The second-order valence-corrected chi connectivity index (χ2v) is 9.74. The van der Waals surface area contributed by atoms with E-state index in [9.17, 15) is 23.2 Å². The maximum absolute atomic E-state index is 13.6. The molecule has 1 saturated heterocycles. The Morgan fingerprint density at radius 1 is 1.33 bits per heavy atom. The van der Waals surface area contributed by atoms with E-state index in [1.807, 2.05) is 18.7 Å². The van der Waals surface area contributed by atoms with Crippen molar-refractivity contribution in [2.24, 2.45) is 0 Å². The molecule has 2 aliphatic heterocycles. The highest BCUT2D eigenvalue weighted by Gasteiger charge is 2.45. The zero-order valence-electron chi connectivity index (χ0n) is 19.4. The summed E-state index contributed by atoms with van der Waals surface area (Å²) in [6.45, 7) is 8.90. The molecule has 7 nitrogen and oxygen atoms in total. The van der Waals surface area contributed by atoms with Gasteiger partial charge in [-0.3, -0.25) is 14.4 Å². The van der Waals surface area contributed by atoms with E-state index >= 15 is 0 Å². The summed E-state index contributed by atoms with van der Waals surface area (Å²) in [4.78, 5) is 41.2. The molecule has 182 valence electrons. The van der Waals surface area contributed by atoms with Crippen LogP contribution in [0.25, 0.3) is 0 Å². The summed E-state index contributed by atoms with van der Waals surface area (Å²) in [6, 6.07) is 3.25. The SMILES string of the molecule is CC(C)N(C(=O)c1cc2c(cc1Cl)C(C)(C)C(=O)N2CCNC(=O)C(F)F)[C@@H]1CCCNC1. The fourth-order valence-electron chi connectivity index (χ4n) is 4.63. The molecule has 0 spiro atoms. The van der Waals surface area contributed by atoms with Crippen LogP contribution in [0.2, 0.25) is 5.02 Å². The van der Waals surface area contributed by atoms with Crippen molar-refractivity contribution in [1.82, 2.24) is 15.5 Å². The molecular formula is C23H31ClF2N4O3. The molecule has 2 heterocycles. The van der Waals surface area contributed by atoms with Gasteiger partial charge in [0, 0.05) is 37.4 Å². The number of hydrogen-bond donors (Lipinski definition) is 2. The van der Waals surface area contributed by atoms with Crippen LogP contribution in [0.1, 0.15) is 56.5 Å². The minimum absolute atomic E-state index is 0.00340. The zero-order valence-corrected chi connectivity index (χ0v) is 20.1. The molecule has 33 heavy (non-hydrogen) atoms. The summed E-state index contributed by atoms with van der Waals surface area (Å²) in [5.41, 5.74) is 0.555. The number of benzene rings is 1. The number of anilines is 1. The van der Waals surface area contributed by atoms with E-state index in [1.54, 1.807) is 26.0 Å². The molecule has 3 amide bonds. The third-order valence-electron chi connectivity index (χ3n) is 6.35. The molecule has 10 heteroatoms.